The molecule has 0 aliphatic heterocycles. The van der Waals surface area contributed by atoms with Gasteiger partial charge in [0.1, 0.15) is 0 Å². The van der Waals surface area contributed by atoms with Gasteiger partial charge in [-0.05, 0) is 39.5 Å². The van der Waals surface area contributed by atoms with E-state index in [1.165, 1.54) is 19.3 Å². The van der Waals surface area contributed by atoms with Gasteiger partial charge in [0.05, 0.1) is 5.92 Å². The van der Waals surface area contributed by atoms with E-state index >= 15 is 0 Å². The zero-order chi connectivity index (χ0) is 18.7. The van der Waals surface area contributed by atoms with Gasteiger partial charge in [-0.3, -0.25) is 9.59 Å². The van der Waals surface area contributed by atoms with Crippen LogP contribution in [0.4, 0.5) is 4.79 Å². The molecule has 0 aromatic rings. The second-order valence-electron chi connectivity index (χ2n) is 7.03. The third kappa shape index (κ3) is 9.31. The number of carboxylic acid groups (broad SMARTS) is 1. The van der Waals surface area contributed by atoms with Gasteiger partial charge in [-0.1, -0.05) is 25.7 Å². The molecule has 7 nitrogen and oxygen atoms in total. The highest BCUT2D eigenvalue weighted by Gasteiger charge is 2.20. The van der Waals surface area contributed by atoms with E-state index in [0.29, 0.717) is 19.0 Å². The van der Waals surface area contributed by atoms with Crippen molar-refractivity contribution in [2.75, 3.05) is 6.54 Å². The van der Waals surface area contributed by atoms with E-state index in [0.717, 1.165) is 32.1 Å². The molecule has 2 atom stereocenters. The summed E-state index contributed by atoms with van der Waals surface area (Å²) in [5.74, 6) is -1.63. The smallest absolute Gasteiger partial charge is 0.315 e. The van der Waals surface area contributed by atoms with Crippen LogP contribution in [0, 0.1) is 5.92 Å². The SMILES string of the molecule is CC(NC(=O)CCCCCNC(=O)NC1CCCCC1)C(C)C(=O)O. The molecule has 1 aliphatic carbocycles. The molecule has 1 aliphatic rings. The number of carbonyl (C=O) groups excluding carboxylic acids is 2. The third-order valence-corrected chi connectivity index (χ3v) is 4.83. The molecule has 0 saturated heterocycles. The fraction of sp³-hybridized carbons (Fsp3) is 0.833. The first-order valence-electron chi connectivity index (χ1n) is 9.46. The summed E-state index contributed by atoms with van der Waals surface area (Å²) in [4.78, 5) is 34.4. The van der Waals surface area contributed by atoms with Crippen molar-refractivity contribution < 1.29 is 19.5 Å². The van der Waals surface area contributed by atoms with Gasteiger partial charge in [0.2, 0.25) is 5.91 Å². The van der Waals surface area contributed by atoms with Crippen molar-refractivity contribution >= 4 is 17.9 Å². The number of nitrogens with one attached hydrogen (secondary N) is 3. The maximum Gasteiger partial charge on any atom is 0.315 e. The van der Waals surface area contributed by atoms with Crippen LogP contribution >= 0.6 is 0 Å². The first-order chi connectivity index (χ1) is 11.9. The average Bonchev–Trinajstić information content (AvgIpc) is 2.57. The maximum absolute atomic E-state index is 11.8. The molecule has 0 aromatic carbocycles. The Bertz CT molecular complexity index is 436. The predicted molar refractivity (Wildman–Crippen MR) is 96.3 cm³/mol. The number of hydrogen-bond donors (Lipinski definition) is 4. The third-order valence-electron chi connectivity index (χ3n) is 4.83. The molecule has 1 fully saturated rings. The molecule has 0 aromatic heterocycles. The Morgan fingerprint density at radius 3 is 2.36 bits per heavy atom. The minimum Gasteiger partial charge on any atom is -0.481 e. The molecule has 0 bridgehead atoms. The Kier molecular flexibility index (Phi) is 9.96. The Labute approximate surface area is 150 Å². The van der Waals surface area contributed by atoms with Crippen LogP contribution in [0.25, 0.3) is 0 Å². The number of amides is 3. The Balaban J connectivity index is 2.01. The van der Waals surface area contributed by atoms with Crippen LogP contribution in [0.2, 0.25) is 0 Å². The molecular formula is C18H33N3O4. The van der Waals surface area contributed by atoms with E-state index in [-0.39, 0.29) is 18.0 Å². The van der Waals surface area contributed by atoms with Gasteiger partial charge in [-0.15, -0.1) is 0 Å². The number of urea groups is 1. The van der Waals surface area contributed by atoms with Gasteiger partial charge in [-0.2, -0.15) is 0 Å². The minimum absolute atomic E-state index is 0.0962. The molecule has 1 rings (SSSR count). The lowest BCUT2D eigenvalue weighted by Crippen LogP contribution is -2.43. The van der Waals surface area contributed by atoms with Crippen molar-refractivity contribution in [3.8, 4) is 0 Å². The fourth-order valence-electron chi connectivity index (χ4n) is 2.94. The summed E-state index contributed by atoms with van der Waals surface area (Å²) >= 11 is 0. The molecule has 0 heterocycles. The lowest BCUT2D eigenvalue weighted by Gasteiger charge is -2.22. The van der Waals surface area contributed by atoms with Crippen LogP contribution < -0.4 is 16.0 Å². The van der Waals surface area contributed by atoms with Gasteiger partial charge in [0.15, 0.2) is 0 Å². The summed E-state index contributed by atoms with van der Waals surface area (Å²) in [6.45, 7) is 3.88. The first-order valence-corrected chi connectivity index (χ1v) is 9.46. The molecule has 0 spiro atoms. The van der Waals surface area contributed by atoms with Gasteiger partial charge in [-0.25, -0.2) is 4.79 Å². The van der Waals surface area contributed by atoms with Crippen molar-refractivity contribution in [3.63, 3.8) is 0 Å². The van der Waals surface area contributed by atoms with Crippen molar-refractivity contribution in [1.82, 2.24) is 16.0 Å². The van der Waals surface area contributed by atoms with Crippen molar-refractivity contribution in [2.45, 2.75) is 83.7 Å². The molecule has 0 radical (unpaired) electrons. The largest absolute Gasteiger partial charge is 0.481 e. The van der Waals surface area contributed by atoms with E-state index in [1.54, 1.807) is 13.8 Å². The predicted octanol–water partition coefficient (Wildman–Crippen LogP) is 2.40. The summed E-state index contributed by atoms with van der Waals surface area (Å²) in [6.07, 6.45) is 8.57. The topological polar surface area (TPSA) is 108 Å². The van der Waals surface area contributed by atoms with Crippen LogP contribution in [-0.4, -0.2) is 41.6 Å². The summed E-state index contributed by atoms with van der Waals surface area (Å²) < 4.78 is 0. The molecule has 2 unspecified atom stereocenters. The minimum atomic E-state index is -0.912. The highest BCUT2D eigenvalue weighted by molar-refractivity contribution is 5.77. The Morgan fingerprint density at radius 1 is 1.04 bits per heavy atom. The highest BCUT2D eigenvalue weighted by atomic mass is 16.4. The van der Waals surface area contributed by atoms with Crippen LogP contribution in [-0.2, 0) is 9.59 Å². The van der Waals surface area contributed by atoms with Crippen molar-refractivity contribution in [2.24, 2.45) is 5.92 Å². The fourth-order valence-corrected chi connectivity index (χ4v) is 2.94. The molecular weight excluding hydrogens is 322 g/mol. The zero-order valence-corrected chi connectivity index (χ0v) is 15.5. The Hall–Kier alpha value is -1.79. The first kappa shape index (κ1) is 21.3. The van der Waals surface area contributed by atoms with Gasteiger partial charge >= 0.3 is 12.0 Å². The Morgan fingerprint density at radius 2 is 1.72 bits per heavy atom. The van der Waals surface area contributed by atoms with Crippen molar-refractivity contribution in [1.29, 1.82) is 0 Å². The van der Waals surface area contributed by atoms with Gasteiger partial charge < -0.3 is 21.1 Å². The van der Waals surface area contributed by atoms with E-state index < -0.39 is 11.9 Å². The van der Waals surface area contributed by atoms with E-state index in [2.05, 4.69) is 16.0 Å². The summed E-state index contributed by atoms with van der Waals surface area (Å²) in [7, 11) is 0. The number of carbonyl (C=O) groups is 3. The second-order valence-corrected chi connectivity index (χ2v) is 7.03. The lowest BCUT2D eigenvalue weighted by molar-refractivity contribution is -0.142. The van der Waals surface area contributed by atoms with E-state index in [1.807, 2.05) is 0 Å². The summed E-state index contributed by atoms with van der Waals surface area (Å²) in [5.41, 5.74) is 0. The monoisotopic (exact) mass is 355 g/mol. The number of hydrogen-bond acceptors (Lipinski definition) is 3. The molecule has 1 saturated carbocycles. The maximum atomic E-state index is 11.8. The van der Waals surface area contributed by atoms with E-state index in [9.17, 15) is 14.4 Å². The summed E-state index contributed by atoms with van der Waals surface area (Å²) in [5, 5.41) is 17.5. The van der Waals surface area contributed by atoms with Gasteiger partial charge in [0.25, 0.3) is 0 Å². The number of unbranched alkanes of at least 4 members (excludes halogenated alkanes) is 2. The molecule has 3 amide bonds. The van der Waals surface area contributed by atoms with Crippen LogP contribution in [0.5, 0.6) is 0 Å². The van der Waals surface area contributed by atoms with E-state index in [4.69, 9.17) is 5.11 Å². The molecule has 25 heavy (non-hydrogen) atoms. The molecule has 7 heteroatoms. The van der Waals surface area contributed by atoms with Crippen LogP contribution in [0.3, 0.4) is 0 Å². The highest BCUT2D eigenvalue weighted by Crippen LogP contribution is 2.17. The summed E-state index contributed by atoms with van der Waals surface area (Å²) in [6, 6.07) is -0.163. The molecule has 4 N–H and O–H groups in total. The van der Waals surface area contributed by atoms with Crippen LogP contribution in [0.1, 0.15) is 71.6 Å². The zero-order valence-electron chi connectivity index (χ0n) is 15.5. The lowest BCUT2D eigenvalue weighted by atomic mass is 9.96. The standard InChI is InChI=1S/C18H33N3O4/c1-13(17(23)24)14(2)20-16(22)11-7-4-8-12-19-18(25)21-15-9-5-3-6-10-15/h13-15H,3-12H2,1-2H3,(H,20,22)(H,23,24)(H2,19,21,25). The van der Waals surface area contributed by atoms with Crippen LogP contribution in [0.15, 0.2) is 0 Å². The quantitative estimate of drug-likeness (QED) is 0.451. The number of rotatable bonds is 10. The number of aliphatic carboxylic acids is 1. The van der Waals surface area contributed by atoms with Crippen molar-refractivity contribution in [3.05, 3.63) is 0 Å². The second kappa shape index (κ2) is 11.7. The average molecular weight is 355 g/mol. The van der Waals surface area contributed by atoms with Gasteiger partial charge in [0, 0.05) is 25.0 Å². The molecule has 144 valence electrons. The normalized spacial score (nSPS) is 17.4. The number of carboxylic acids is 1.